The van der Waals surface area contributed by atoms with E-state index in [4.69, 9.17) is 9.97 Å². The molecule has 68 heavy (non-hydrogen) atoms. The zero-order valence-corrected chi connectivity index (χ0v) is 38.8. The van der Waals surface area contributed by atoms with E-state index >= 15 is 0 Å². The van der Waals surface area contributed by atoms with Gasteiger partial charge < -0.3 is 9.47 Å². The Labute approximate surface area is 398 Å². The van der Waals surface area contributed by atoms with Gasteiger partial charge in [-0.15, -0.1) is 0 Å². The normalized spacial score (nSPS) is 13.7. The molecule has 8 aromatic carbocycles. The predicted molar refractivity (Wildman–Crippen MR) is 290 cm³/mol. The highest BCUT2D eigenvalue weighted by Crippen LogP contribution is 2.44. The van der Waals surface area contributed by atoms with E-state index in [1.54, 1.807) is 0 Å². The molecule has 2 aliphatic rings. The zero-order chi connectivity index (χ0) is 46.1. The third-order valence-corrected chi connectivity index (χ3v) is 13.3. The first kappa shape index (κ1) is 42.3. The average molecular weight is 877 g/mol. The number of fused-ring (bicyclic) bond motifs is 7. The average Bonchev–Trinajstić information content (AvgIpc) is 3.75. The number of benzene rings is 8. The van der Waals surface area contributed by atoms with E-state index in [-0.39, 0.29) is 0 Å². The van der Waals surface area contributed by atoms with Crippen LogP contribution in [0.4, 0.5) is 11.4 Å². The van der Waals surface area contributed by atoms with Crippen LogP contribution >= 0.6 is 0 Å². The molecule has 0 unspecified atom stereocenters. The maximum absolute atomic E-state index is 5.37. The molecule has 1 aliphatic carbocycles. The van der Waals surface area contributed by atoms with Crippen molar-refractivity contribution >= 4 is 66.1 Å². The first-order valence-electron chi connectivity index (χ1n) is 23.9. The standard InChI is InChI=1S/C62H46N4.C2H6/c1-3-16-56-41(4-2)37-49-38-46(33-35-57(49)65(56)50-21-9-6-10-22-50)47-31-34-54-59(40-47)66(58-36-32-44-19-11-12-24-52(44)60(54)58)51-23-15-20-48(39-51)62-63-55-26-14-13-25-53(55)61(64-62)45-29-27-43(28-30-45)42-17-7-5-8-18-42;1-2/h3-14,16-22,24-36,38-40H,2,15,23,37H2,1H3;1-2H3/b16-3-;. The van der Waals surface area contributed by atoms with Gasteiger partial charge in [0, 0.05) is 56.5 Å². The number of hydrogen-bond donors (Lipinski definition) is 0. The minimum absolute atomic E-state index is 0.740. The lowest BCUT2D eigenvalue weighted by Crippen LogP contribution is -2.22. The highest BCUT2D eigenvalue weighted by molar-refractivity contribution is 6.22. The zero-order valence-electron chi connectivity index (χ0n) is 38.8. The SMILES string of the molecule is C=CC1=C(/C=C\C)N(c2ccccc2)c2ccc(-c3ccc4c5c6ccccc6ccc5n(C5=CC(c6nc(-c7ccc(-c8ccccc8)cc7)c7ccccc7n6)=CCC5)c4c3)cc2C1.CC. The molecule has 12 rings (SSSR count). The summed E-state index contributed by atoms with van der Waals surface area (Å²) in [5.41, 5.74) is 18.3. The highest BCUT2D eigenvalue weighted by atomic mass is 15.2. The second kappa shape index (κ2) is 18.1. The van der Waals surface area contributed by atoms with Crippen LogP contribution in [0.15, 0.2) is 230 Å². The van der Waals surface area contributed by atoms with Gasteiger partial charge in [-0.1, -0.05) is 178 Å². The number of rotatable bonds is 8. The molecule has 1 aliphatic heterocycles. The number of aromatic nitrogens is 3. The van der Waals surface area contributed by atoms with Crippen molar-refractivity contribution < 1.29 is 0 Å². The summed E-state index contributed by atoms with van der Waals surface area (Å²) in [5, 5.41) is 6.06. The van der Waals surface area contributed by atoms with E-state index in [2.05, 4.69) is 229 Å². The van der Waals surface area contributed by atoms with Crippen LogP contribution in [0.2, 0.25) is 0 Å². The maximum atomic E-state index is 5.37. The van der Waals surface area contributed by atoms with Gasteiger partial charge in [-0.25, -0.2) is 9.97 Å². The topological polar surface area (TPSA) is 34.0 Å². The predicted octanol–water partition coefficient (Wildman–Crippen LogP) is 17.3. The van der Waals surface area contributed by atoms with Gasteiger partial charge in [0.25, 0.3) is 0 Å². The molecule has 0 saturated heterocycles. The minimum atomic E-state index is 0.740. The lowest BCUT2D eigenvalue weighted by molar-refractivity contribution is 0.978. The van der Waals surface area contributed by atoms with Crippen LogP contribution in [0.5, 0.6) is 0 Å². The van der Waals surface area contributed by atoms with Crippen LogP contribution in [0, 0.1) is 0 Å². The van der Waals surface area contributed by atoms with Crippen molar-refractivity contribution in [1.29, 1.82) is 0 Å². The van der Waals surface area contributed by atoms with Crippen LogP contribution < -0.4 is 4.90 Å². The van der Waals surface area contributed by atoms with Crippen LogP contribution in [-0.4, -0.2) is 14.5 Å². The van der Waals surface area contributed by atoms with Crippen molar-refractivity contribution in [2.24, 2.45) is 0 Å². The summed E-state index contributed by atoms with van der Waals surface area (Å²) in [6.07, 6.45) is 13.6. The number of nitrogens with zero attached hydrogens (tertiary/aromatic N) is 4. The lowest BCUT2D eigenvalue weighted by atomic mass is 9.91. The molecule has 0 N–H and O–H groups in total. The Bertz CT molecular complexity index is 3680. The Balaban J connectivity index is 0.00000250. The summed E-state index contributed by atoms with van der Waals surface area (Å²) in [4.78, 5) is 13.0. The Morgan fingerprint density at radius 2 is 1.26 bits per heavy atom. The van der Waals surface area contributed by atoms with Gasteiger partial charge in [-0.05, 0) is 119 Å². The van der Waals surface area contributed by atoms with Gasteiger partial charge in [0.2, 0.25) is 0 Å². The van der Waals surface area contributed by atoms with Gasteiger partial charge in [0.15, 0.2) is 5.82 Å². The fourth-order valence-corrected chi connectivity index (χ4v) is 10.2. The molecule has 0 atom stereocenters. The minimum Gasteiger partial charge on any atom is -0.313 e. The molecule has 328 valence electrons. The van der Waals surface area contributed by atoms with E-state index in [9.17, 15) is 0 Å². The van der Waals surface area contributed by atoms with E-state index in [0.29, 0.717) is 0 Å². The Morgan fingerprint density at radius 3 is 2.06 bits per heavy atom. The Kier molecular flexibility index (Phi) is 11.3. The fourth-order valence-electron chi connectivity index (χ4n) is 10.2. The number of allylic oxidation sites excluding steroid dienone is 8. The van der Waals surface area contributed by atoms with Crippen molar-refractivity contribution in [3.8, 4) is 33.5 Å². The molecular weight excluding hydrogens is 825 g/mol. The third kappa shape index (κ3) is 7.45. The number of hydrogen-bond acceptors (Lipinski definition) is 3. The first-order chi connectivity index (χ1) is 33.6. The van der Waals surface area contributed by atoms with E-state index < -0.39 is 0 Å². The summed E-state index contributed by atoms with van der Waals surface area (Å²) in [6, 6.07) is 65.7. The number of anilines is 2. The summed E-state index contributed by atoms with van der Waals surface area (Å²) in [5.74, 6) is 0.740. The summed E-state index contributed by atoms with van der Waals surface area (Å²) in [6.45, 7) is 10.3. The number of para-hydroxylation sites is 2. The van der Waals surface area contributed by atoms with Crippen molar-refractivity contribution in [2.45, 2.75) is 40.0 Å². The molecule has 0 bridgehead atoms. The highest BCUT2D eigenvalue weighted by Gasteiger charge is 2.26. The van der Waals surface area contributed by atoms with Crippen molar-refractivity contribution in [3.05, 3.63) is 242 Å². The smallest absolute Gasteiger partial charge is 0.160 e. The second-order valence-corrected chi connectivity index (χ2v) is 17.2. The molecule has 4 heteroatoms. The van der Waals surface area contributed by atoms with Gasteiger partial charge >= 0.3 is 0 Å². The Hall–Kier alpha value is -8.34. The Morgan fingerprint density at radius 1 is 0.588 bits per heavy atom. The summed E-state index contributed by atoms with van der Waals surface area (Å²) >= 11 is 0. The molecule has 3 heterocycles. The van der Waals surface area contributed by atoms with Crippen molar-refractivity contribution in [1.82, 2.24) is 14.5 Å². The monoisotopic (exact) mass is 876 g/mol. The summed E-state index contributed by atoms with van der Waals surface area (Å²) < 4.78 is 2.51. The molecular formula is C64H52N4. The molecule has 0 fully saturated rings. The quantitative estimate of drug-likeness (QED) is 0.152. The molecule has 0 saturated carbocycles. The van der Waals surface area contributed by atoms with Gasteiger partial charge in [0.1, 0.15) is 0 Å². The van der Waals surface area contributed by atoms with E-state index in [1.807, 2.05) is 19.9 Å². The molecule has 4 nitrogen and oxygen atoms in total. The van der Waals surface area contributed by atoms with Gasteiger partial charge in [-0.2, -0.15) is 0 Å². The van der Waals surface area contributed by atoms with Crippen molar-refractivity contribution in [3.63, 3.8) is 0 Å². The lowest BCUT2D eigenvalue weighted by Gasteiger charge is -2.34. The van der Waals surface area contributed by atoms with Gasteiger partial charge in [-0.3, -0.25) is 0 Å². The van der Waals surface area contributed by atoms with Crippen molar-refractivity contribution in [2.75, 3.05) is 4.90 Å². The third-order valence-electron chi connectivity index (χ3n) is 13.3. The van der Waals surface area contributed by atoms with Crippen LogP contribution in [-0.2, 0) is 6.42 Å². The van der Waals surface area contributed by atoms with E-state index in [0.717, 1.165) is 64.2 Å². The van der Waals surface area contributed by atoms with Crippen LogP contribution in [0.25, 0.3) is 88.3 Å². The molecule has 2 aromatic heterocycles. The van der Waals surface area contributed by atoms with Gasteiger partial charge in [0.05, 0.1) is 22.2 Å². The largest absolute Gasteiger partial charge is 0.313 e. The molecule has 0 spiro atoms. The van der Waals surface area contributed by atoms with Crippen LogP contribution in [0.3, 0.4) is 0 Å². The molecule has 10 aromatic rings. The molecule has 0 amide bonds. The summed E-state index contributed by atoms with van der Waals surface area (Å²) in [7, 11) is 0. The van der Waals surface area contributed by atoms with Crippen LogP contribution in [0.1, 0.15) is 45.0 Å². The maximum Gasteiger partial charge on any atom is 0.160 e. The molecule has 0 radical (unpaired) electrons. The van der Waals surface area contributed by atoms with E-state index in [1.165, 1.54) is 77.4 Å². The second-order valence-electron chi connectivity index (χ2n) is 17.2. The first-order valence-corrected chi connectivity index (χ1v) is 23.9. The fraction of sp³-hybridized carbons (Fsp3) is 0.0938.